The maximum absolute atomic E-state index is 13.5. The summed E-state index contributed by atoms with van der Waals surface area (Å²) in [5.74, 6) is 2.15. The van der Waals surface area contributed by atoms with Crippen molar-refractivity contribution in [2.24, 2.45) is 0 Å². The molecule has 2 fully saturated rings. The van der Waals surface area contributed by atoms with Crippen LogP contribution in [0.25, 0.3) is 32.7 Å². The zero-order valence-corrected chi connectivity index (χ0v) is 75.5. The number of H-pyrrole nitrogens is 3. The minimum absolute atomic E-state index is 0.293. The largest absolute Gasteiger partial charge is 0.494 e. The molecule has 3 amide bonds. The lowest BCUT2D eigenvalue weighted by atomic mass is 9.92. The predicted molar refractivity (Wildman–Crippen MR) is 502 cm³/mol. The molecule has 4 N–H and O–H groups in total. The third kappa shape index (κ3) is 25.3. The van der Waals surface area contributed by atoms with E-state index < -0.39 is 36.4 Å². The fourth-order valence-corrected chi connectivity index (χ4v) is 18.5. The van der Waals surface area contributed by atoms with Crippen LogP contribution in [0.2, 0.25) is 15.1 Å². The number of likely N-dealkylation sites (tertiary alicyclic amines) is 1. The van der Waals surface area contributed by atoms with E-state index in [0.717, 1.165) is 198 Å². The van der Waals surface area contributed by atoms with Gasteiger partial charge < -0.3 is 63.1 Å². The summed E-state index contributed by atoms with van der Waals surface area (Å²) in [5.41, 5.74) is 12.0. The van der Waals surface area contributed by atoms with Crippen molar-refractivity contribution in [3.63, 3.8) is 0 Å². The minimum atomic E-state index is -0.496. The highest BCUT2D eigenvalue weighted by atomic mass is 35.5. The van der Waals surface area contributed by atoms with Gasteiger partial charge in [0, 0.05) is 111 Å². The van der Waals surface area contributed by atoms with Crippen molar-refractivity contribution >= 4 is 85.8 Å². The number of aromatic amines is 3. The van der Waals surface area contributed by atoms with E-state index in [-0.39, 0.29) is 17.5 Å². The molecule has 17 rings (SSSR count). The number of methoxy groups -OCH3 is 1. The summed E-state index contributed by atoms with van der Waals surface area (Å²) in [5, 5.41) is 8.63. The molecule has 0 bridgehead atoms. The van der Waals surface area contributed by atoms with E-state index in [1.54, 1.807) is 21.8 Å². The number of rotatable bonds is 34. The van der Waals surface area contributed by atoms with E-state index in [4.69, 9.17) is 72.7 Å². The number of hydrogen-bond donors (Lipinski definition) is 4. The molecule has 0 radical (unpaired) electrons. The predicted octanol–water partition coefficient (Wildman–Crippen LogP) is 23.6. The summed E-state index contributed by atoms with van der Waals surface area (Å²) >= 11 is 19.0. The van der Waals surface area contributed by atoms with E-state index in [1.165, 1.54) is 150 Å². The molecule has 5 aliphatic heterocycles. The van der Waals surface area contributed by atoms with Crippen molar-refractivity contribution in [3.8, 4) is 34.5 Å². The molecule has 5 aliphatic rings. The van der Waals surface area contributed by atoms with Crippen molar-refractivity contribution in [2.75, 3.05) is 119 Å². The molecule has 12 aromatic rings. The van der Waals surface area contributed by atoms with Crippen LogP contribution < -0.4 is 33.7 Å². The number of morpholine rings is 1. The highest BCUT2D eigenvalue weighted by Gasteiger charge is 2.40. The Kier molecular flexibility index (Phi) is 33.6. The Labute approximate surface area is 767 Å². The second-order valence-electron chi connectivity index (χ2n) is 33.6. The number of ether oxygens (including phenoxy) is 8. The topological polar surface area (TPSA) is 201 Å². The van der Waals surface area contributed by atoms with E-state index >= 15 is 0 Å². The Balaban J connectivity index is 0.000000149. The number of nitrogens with zero attached hydrogens (tertiary/aromatic N) is 5. The molecule has 680 valence electrons. The average molecular weight is 1820 g/mol. The summed E-state index contributed by atoms with van der Waals surface area (Å²) in [7, 11) is 1.73. The molecule has 3 unspecified atom stereocenters. The van der Waals surface area contributed by atoms with Gasteiger partial charge in [0.25, 0.3) is 0 Å². The lowest BCUT2D eigenvalue weighted by molar-refractivity contribution is 0.0371. The number of nitrogens with one attached hydrogen (secondary N) is 4. The summed E-state index contributed by atoms with van der Waals surface area (Å²) in [6.07, 6.45) is 19.3. The van der Waals surface area contributed by atoms with Crippen LogP contribution in [0.3, 0.4) is 0 Å². The third-order valence-corrected chi connectivity index (χ3v) is 25.4. The van der Waals surface area contributed by atoms with Crippen molar-refractivity contribution in [1.29, 1.82) is 0 Å². The van der Waals surface area contributed by atoms with Gasteiger partial charge in [0.2, 0.25) is 0 Å². The first kappa shape index (κ1) is 93.0. The van der Waals surface area contributed by atoms with Crippen LogP contribution >= 0.6 is 34.8 Å². The zero-order chi connectivity index (χ0) is 89.2. The van der Waals surface area contributed by atoms with Gasteiger partial charge in [0.05, 0.1) is 33.0 Å². The lowest BCUT2D eigenvalue weighted by Gasteiger charge is -2.35. The molecule has 9 aromatic carbocycles. The normalized spacial score (nSPS) is 16.3. The fraction of sp³-hybridized carbons (Fsp3) is 0.388. The monoisotopic (exact) mass is 1820 g/mol. The first-order chi connectivity index (χ1) is 63.1. The first-order valence-electron chi connectivity index (χ1n) is 45.7. The van der Waals surface area contributed by atoms with Gasteiger partial charge in [0.15, 0.2) is 0 Å². The number of hydrogen-bond acceptors (Lipinski definition) is 14. The van der Waals surface area contributed by atoms with Gasteiger partial charge in [-0.3, -0.25) is 19.6 Å². The lowest BCUT2D eigenvalue weighted by Crippen LogP contribution is -2.42. The van der Waals surface area contributed by atoms with Crippen molar-refractivity contribution in [2.45, 2.75) is 140 Å². The average Bonchev–Trinajstić information content (AvgIpc) is 1.62. The fourth-order valence-electron chi connectivity index (χ4n) is 18.0. The molecule has 0 aliphatic carbocycles. The highest BCUT2D eigenvalue weighted by molar-refractivity contribution is 6.32. The Morgan fingerprint density at radius 3 is 1.03 bits per heavy atom. The Hall–Kier alpha value is -10.7. The Bertz CT molecular complexity index is 5370. The molecular weight excluding hydrogens is 1700 g/mol. The van der Waals surface area contributed by atoms with Gasteiger partial charge in [-0.25, -0.2) is 27.6 Å². The molecule has 0 spiro atoms. The molecule has 3 aromatic heterocycles. The molecule has 3 atom stereocenters. The molecule has 26 heteroatoms. The molecule has 20 nitrogen and oxygen atoms in total. The Morgan fingerprint density at radius 1 is 0.364 bits per heavy atom. The number of carbonyl (C=O) groups excluding carboxylic acids is 3. The van der Waals surface area contributed by atoms with Gasteiger partial charge in [-0.15, -0.1) is 0 Å². The van der Waals surface area contributed by atoms with E-state index in [9.17, 15) is 27.6 Å². The second-order valence-corrected chi connectivity index (χ2v) is 34.9. The SMILES string of the molecule is COCCCNCCCCCCOc1ccc(C2c3[nH]c4ccc(Cl)cc4c3CCN2C(=O)Oc2ccc(F)cc2)cc1.O=C(Oc1ccc(F)cc1)N1CCc2c([nH]c3ccc(Cl)cc23)C1c1ccc(OCCCCCCN2CCCCC2)cc1.O=C(Oc1ccc(F)cc1)N1CCc2c([nH]c3ccc(Cl)cc23)C1c1ccc(OCCCCCCN2CCOCC2)cc1. The maximum atomic E-state index is 13.5. The maximum Gasteiger partial charge on any atom is 0.416 e. The molecule has 0 saturated carbocycles. The van der Waals surface area contributed by atoms with Gasteiger partial charge in [-0.05, 0) is 313 Å². The summed E-state index contributed by atoms with van der Waals surface area (Å²) in [6.45, 7) is 14.9. The second kappa shape index (κ2) is 46.7. The number of fused-ring (bicyclic) bond motifs is 9. The van der Waals surface area contributed by atoms with Crippen molar-refractivity contribution < 1.29 is 65.4 Å². The van der Waals surface area contributed by atoms with Crippen LogP contribution in [0, 0.1) is 17.5 Å². The van der Waals surface area contributed by atoms with Crippen LogP contribution in [0.5, 0.6) is 34.5 Å². The number of aromatic nitrogens is 3. The van der Waals surface area contributed by atoms with E-state index in [2.05, 4.69) is 30.1 Å². The standard InChI is InChI=1S/C35H39ClFN3O3.C34H37ClFN3O4.C34H39ClFN3O4/c36-26-10-17-32-31(24-26)30-18-22-40(35(41)43-29-15-11-27(37)12-16-29)34(33(30)38-32)25-8-13-28(14-9-25)42-23-7-2-1-4-19-39-20-5-3-6-21-39;35-25-7-14-31-30(23-25)29-15-17-39(34(40)43-28-12-8-26(36)9-13-28)33(32(29)37-31)24-5-10-27(11-6-24)42-20-4-2-1-3-16-38-18-21-41-22-19-38;1-41-21-6-19-37-18-4-2-3-5-22-42-27-12-7-24(8-13-27)33-32-29(30-23-25(35)9-16-31(30)38-32)17-20-39(33)34(40)43-28-14-10-26(36)11-15-28/h8-17,24,34,38H,1-7,18-23H2;5-14,23,33,37H,1-4,15-22H2;7-16,23,33,37-38H,2-6,17-22H2,1H3. The third-order valence-electron chi connectivity index (χ3n) is 24.7. The van der Waals surface area contributed by atoms with Crippen LogP contribution in [0.4, 0.5) is 27.6 Å². The minimum Gasteiger partial charge on any atom is -0.494 e. The number of halogens is 6. The van der Waals surface area contributed by atoms with Gasteiger partial charge in [-0.2, -0.15) is 0 Å². The number of benzene rings is 9. The van der Waals surface area contributed by atoms with Crippen LogP contribution in [-0.2, 0) is 28.7 Å². The van der Waals surface area contributed by atoms with E-state index in [1.807, 2.05) is 127 Å². The highest BCUT2D eigenvalue weighted by Crippen LogP contribution is 2.45. The molecule has 129 heavy (non-hydrogen) atoms. The number of amides is 3. The van der Waals surface area contributed by atoms with Crippen LogP contribution in [0.15, 0.2) is 200 Å². The number of piperidine rings is 1. The number of carbonyl (C=O) groups is 3. The summed E-state index contributed by atoms with van der Waals surface area (Å²) in [6, 6.07) is 56.4. The molecule has 2 saturated heterocycles. The quantitative estimate of drug-likeness (QED) is 0.0278. The van der Waals surface area contributed by atoms with Crippen LogP contribution in [-0.4, -0.2) is 176 Å². The summed E-state index contributed by atoms with van der Waals surface area (Å²) < 4.78 is 85.9. The van der Waals surface area contributed by atoms with Crippen molar-refractivity contribution in [3.05, 3.63) is 283 Å². The number of unbranched alkanes of at least 4 members (excludes halogenated alkanes) is 9. The molecule has 8 heterocycles. The van der Waals surface area contributed by atoms with Crippen LogP contribution in [0.1, 0.15) is 171 Å². The van der Waals surface area contributed by atoms with Gasteiger partial charge in [0.1, 0.15) is 70.1 Å². The smallest absolute Gasteiger partial charge is 0.416 e. The van der Waals surface area contributed by atoms with Crippen molar-refractivity contribution in [1.82, 2.24) is 44.8 Å². The molecular formula is C103H115Cl3F3N9O11. The van der Waals surface area contributed by atoms with E-state index in [0.29, 0.717) is 91.0 Å². The Morgan fingerprint density at radius 2 is 0.682 bits per heavy atom. The first-order valence-corrected chi connectivity index (χ1v) is 46.8. The zero-order valence-electron chi connectivity index (χ0n) is 73.2. The van der Waals surface area contributed by atoms with Gasteiger partial charge >= 0.3 is 18.3 Å². The van der Waals surface area contributed by atoms with Gasteiger partial charge in [-0.1, -0.05) is 116 Å². The summed E-state index contributed by atoms with van der Waals surface area (Å²) in [4.78, 5) is 61.3.